The summed E-state index contributed by atoms with van der Waals surface area (Å²) >= 11 is 0. The normalized spacial score (nSPS) is 21.5. The van der Waals surface area contributed by atoms with E-state index < -0.39 is 9.84 Å². The molecule has 17 heavy (non-hydrogen) atoms. The molecule has 0 aromatic heterocycles. The molecular formula is C13H15NO2S. The zero-order chi connectivity index (χ0) is 12.3. The molecule has 0 bridgehead atoms. The number of nitrogens with one attached hydrogen (secondary N) is 1. The molecule has 1 N–H and O–H groups in total. The summed E-state index contributed by atoms with van der Waals surface area (Å²) in [6.45, 7) is 4.58. The maximum atomic E-state index is 11.2. The number of sulfone groups is 1. The quantitative estimate of drug-likeness (QED) is 0.881. The van der Waals surface area contributed by atoms with Gasteiger partial charge in [-0.2, -0.15) is 0 Å². The Kier molecular flexibility index (Phi) is 3.45. The molecule has 3 nitrogen and oxygen atoms in total. The van der Waals surface area contributed by atoms with Crippen molar-refractivity contribution < 1.29 is 8.42 Å². The number of benzene rings is 1. The Labute approximate surface area is 102 Å². The van der Waals surface area contributed by atoms with Crippen LogP contribution < -0.4 is 5.32 Å². The van der Waals surface area contributed by atoms with Gasteiger partial charge in [-0.3, -0.25) is 0 Å². The second-order valence-electron chi connectivity index (χ2n) is 4.12. The fourth-order valence-corrected chi connectivity index (χ4v) is 3.00. The standard InChI is InChI=1S/C13H15NO2S/c1-11(12-5-3-2-4-6-12)9-14-13-7-8-17(15,16)10-13/h2-8,13-14H,1,9-10H2. The van der Waals surface area contributed by atoms with Crippen LogP contribution in [0.25, 0.3) is 5.57 Å². The monoisotopic (exact) mass is 249 g/mol. The zero-order valence-corrected chi connectivity index (χ0v) is 10.3. The Morgan fingerprint density at radius 1 is 1.35 bits per heavy atom. The predicted octanol–water partition coefficient (Wildman–Crippen LogP) is 1.60. The van der Waals surface area contributed by atoms with Gasteiger partial charge in [-0.1, -0.05) is 43.0 Å². The molecule has 1 heterocycles. The van der Waals surface area contributed by atoms with E-state index in [0.29, 0.717) is 6.54 Å². The van der Waals surface area contributed by atoms with Crippen LogP contribution in [0.2, 0.25) is 0 Å². The second kappa shape index (κ2) is 4.85. The average molecular weight is 249 g/mol. The summed E-state index contributed by atoms with van der Waals surface area (Å²) in [4.78, 5) is 0. The molecule has 1 aromatic rings. The molecule has 0 amide bonds. The first-order valence-electron chi connectivity index (χ1n) is 5.44. The largest absolute Gasteiger partial charge is 0.305 e. The Balaban J connectivity index is 1.88. The van der Waals surface area contributed by atoms with Crippen molar-refractivity contribution >= 4 is 15.4 Å². The van der Waals surface area contributed by atoms with Crippen LogP contribution in [0.1, 0.15) is 5.56 Å². The van der Waals surface area contributed by atoms with Gasteiger partial charge in [0.15, 0.2) is 9.84 Å². The van der Waals surface area contributed by atoms with Crippen molar-refractivity contribution in [3.63, 3.8) is 0 Å². The average Bonchev–Trinajstić information content (AvgIpc) is 2.67. The first-order chi connectivity index (χ1) is 8.07. The van der Waals surface area contributed by atoms with Gasteiger partial charge in [0.2, 0.25) is 0 Å². The van der Waals surface area contributed by atoms with Crippen LogP contribution in [0.3, 0.4) is 0 Å². The van der Waals surface area contributed by atoms with Gasteiger partial charge in [-0.05, 0) is 11.1 Å². The first-order valence-corrected chi connectivity index (χ1v) is 7.16. The van der Waals surface area contributed by atoms with Gasteiger partial charge >= 0.3 is 0 Å². The summed E-state index contributed by atoms with van der Waals surface area (Å²) in [6, 6.07) is 9.76. The smallest absolute Gasteiger partial charge is 0.173 e. The van der Waals surface area contributed by atoms with Crippen LogP contribution in [-0.2, 0) is 9.84 Å². The lowest BCUT2D eigenvalue weighted by Crippen LogP contribution is -2.31. The van der Waals surface area contributed by atoms with E-state index in [9.17, 15) is 8.42 Å². The molecule has 1 atom stereocenters. The van der Waals surface area contributed by atoms with Crippen LogP contribution in [0.5, 0.6) is 0 Å². The van der Waals surface area contributed by atoms with Crippen LogP contribution in [-0.4, -0.2) is 26.8 Å². The molecule has 1 unspecified atom stereocenters. The highest BCUT2D eigenvalue weighted by Crippen LogP contribution is 2.12. The summed E-state index contributed by atoms with van der Waals surface area (Å²) in [6.07, 6.45) is 1.69. The molecule has 0 fully saturated rings. The first kappa shape index (κ1) is 12.1. The van der Waals surface area contributed by atoms with E-state index in [1.165, 1.54) is 5.41 Å². The summed E-state index contributed by atoms with van der Waals surface area (Å²) in [7, 11) is -2.98. The van der Waals surface area contributed by atoms with Crippen molar-refractivity contribution in [1.29, 1.82) is 0 Å². The van der Waals surface area contributed by atoms with E-state index in [-0.39, 0.29) is 11.8 Å². The number of hydrogen-bond acceptors (Lipinski definition) is 3. The van der Waals surface area contributed by atoms with E-state index in [1.807, 2.05) is 30.3 Å². The highest BCUT2D eigenvalue weighted by molar-refractivity contribution is 7.94. The summed E-state index contributed by atoms with van der Waals surface area (Å²) in [5.41, 5.74) is 2.04. The third-order valence-electron chi connectivity index (χ3n) is 2.69. The van der Waals surface area contributed by atoms with E-state index in [2.05, 4.69) is 11.9 Å². The number of rotatable bonds is 4. The van der Waals surface area contributed by atoms with E-state index in [1.54, 1.807) is 6.08 Å². The van der Waals surface area contributed by atoms with Crippen molar-refractivity contribution in [2.45, 2.75) is 6.04 Å². The van der Waals surface area contributed by atoms with Gasteiger partial charge in [0, 0.05) is 18.0 Å². The van der Waals surface area contributed by atoms with Crippen molar-refractivity contribution in [3.05, 3.63) is 54.0 Å². The molecule has 1 aliphatic rings. The zero-order valence-electron chi connectivity index (χ0n) is 9.46. The minimum absolute atomic E-state index is 0.0968. The summed E-state index contributed by atoms with van der Waals surface area (Å²) < 4.78 is 22.4. The molecular weight excluding hydrogens is 234 g/mol. The molecule has 1 aliphatic heterocycles. The van der Waals surface area contributed by atoms with E-state index in [0.717, 1.165) is 11.1 Å². The number of hydrogen-bond donors (Lipinski definition) is 1. The van der Waals surface area contributed by atoms with Gasteiger partial charge in [-0.25, -0.2) is 8.42 Å². The molecule has 0 spiro atoms. The summed E-state index contributed by atoms with van der Waals surface area (Å²) in [5.74, 6) is 0.148. The van der Waals surface area contributed by atoms with Crippen molar-refractivity contribution in [2.75, 3.05) is 12.3 Å². The summed E-state index contributed by atoms with van der Waals surface area (Å²) in [5, 5.41) is 4.44. The van der Waals surface area contributed by atoms with Gasteiger partial charge in [0.1, 0.15) is 0 Å². The fraction of sp³-hybridized carbons (Fsp3) is 0.231. The van der Waals surface area contributed by atoms with E-state index >= 15 is 0 Å². The van der Waals surface area contributed by atoms with Crippen LogP contribution >= 0.6 is 0 Å². The SMILES string of the molecule is C=C(CNC1C=CS(=O)(=O)C1)c1ccccc1. The second-order valence-corrected chi connectivity index (χ2v) is 6.05. The molecule has 4 heteroatoms. The predicted molar refractivity (Wildman–Crippen MR) is 70.2 cm³/mol. The van der Waals surface area contributed by atoms with Crippen LogP contribution in [0.4, 0.5) is 0 Å². The van der Waals surface area contributed by atoms with Gasteiger partial charge in [0.05, 0.1) is 5.75 Å². The van der Waals surface area contributed by atoms with Crippen molar-refractivity contribution in [1.82, 2.24) is 5.32 Å². The minimum Gasteiger partial charge on any atom is -0.305 e. The van der Waals surface area contributed by atoms with Crippen molar-refractivity contribution in [2.24, 2.45) is 0 Å². The Bertz CT molecular complexity index is 532. The Morgan fingerprint density at radius 3 is 2.65 bits per heavy atom. The molecule has 0 saturated carbocycles. The highest BCUT2D eigenvalue weighted by Gasteiger charge is 2.20. The lowest BCUT2D eigenvalue weighted by Gasteiger charge is -2.11. The molecule has 1 aromatic carbocycles. The highest BCUT2D eigenvalue weighted by atomic mass is 32.2. The topological polar surface area (TPSA) is 46.2 Å². The lowest BCUT2D eigenvalue weighted by molar-refractivity contribution is 0.598. The van der Waals surface area contributed by atoms with Gasteiger partial charge < -0.3 is 5.32 Å². The van der Waals surface area contributed by atoms with Gasteiger partial charge in [-0.15, -0.1) is 0 Å². The van der Waals surface area contributed by atoms with Crippen molar-refractivity contribution in [3.8, 4) is 0 Å². The molecule has 0 saturated heterocycles. The van der Waals surface area contributed by atoms with Crippen LogP contribution in [0.15, 0.2) is 48.4 Å². The lowest BCUT2D eigenvalue weighted by atomic mass is 10.1. The molecule has 0 radical (unpaired) electrons. The molecule has 0 aliphatic carbocycles. The Hall–Kier alpha value is -1.39. The molecule has 2 rings (SSSR count). The minimum atomic E-state index is -2.98. The molecule has 90 valence electrons. The maximum Gasteiger partial charge on any atom is 0.173 e. The third kappa shape index (κ3) is 3.28. The fourth-order valence-electron chi connectivity index (χ4n) is 1.73. The van der Waals surface area contributed by atoms with E-state index in [4.69, 9.17) is 0 Å². The van der Waals surface area contributed by atoms with Crippen LogP contribution in [0, 0.1) is 0 Å². The third-order valence-corrected chi connectivity index (χ3v) is 4.09. The van der Waals surface area contributed by atoms with Gasteiger partial charge in [0.25, 0.3) is 0 Å². The maximum absolute atomic E-state index is 11.2. The Morgan fingerprint density at radius 2 is 2.06 bits per heavy atom.